The zero-order chi connectivity index (χ0) is 17.7. The Bertz CT molecular complexity index is 643. The van der Waals surface area contributed by atoms with Crippen LogP contribution in [-0.4, -0.2) is 43.4 Å². The van der Waals surface area contributed by atoms with Gasteiger partial charge in [-0.1, -0.05) is 0 Å². The van der Waals surface area contributed by atoms with Crippen LogP contribution < -0.4 is 15.4 Å². The Labute approximate surface area is 175 Å². The molecule has 1 aromatic carbocycles. The number of hydrogen-bond donors (Lipinski definition) is 2. The van der Waals surface area contributed by atoms with Gasteiger partial charge >= 0.3 is 0 Å². The van der Waals surface area contributed by atoms with E-state index in [0.29, 0.717) is 13.2 Å². The predicted octanol–water partition coefficient (Wildman–Crippen LogP) is 3.56. The normalized spacial score (nSPS) is 10.8. The van der Waals surface area contributed by atoms with Gasteiger partial charge in [0.1, 0.15) is 18.2 Å². The molecule has 0 bridgehead atoms. The van der Waals surface area contributed by atoms with Gasteiger partial charge in [0.05, 0.1) is 12.7 Å². The van der Waals surface area contributed by atoms with E-state index in [2.05, 4.69) is 20.6 Å². The molecule has 1 heterocycles. The molecule has 0 amide bonds. The molecule has 2 aromatic rings. The van der Waals surface area contributed by atoms with Crippen LogP contribution in [0.4, 0.5) is 4.39 Å². The first-order valence-corrected chi connectivity index (χ1v) is 9.12. The number of rotatable bonds is 9. The Kier molecular flexibility index (Phi) is 11.8. The molecule has 0 atom stereocenters. The van der Waals surface area contributed by atoms with Gasteiger partial charge in [-0.3, -0.25) is 9.98 Å². The summed E-state index contributed by atoms with van der Waals surface area (Å²) >= 11 is 1.71. The number of aromatic nitrogens is 1. The maximum Gasteiger partial charge on any atom is 0.191 e. The number of halogens is 2. The molecule has 2 rings (SSSR count). The monoisotopic (exact) mass is 490 g/mol. The molecular formula is C18H24FIN4OS. The van der Waals surface area contributed by atoms with Crippen LogP contribution >= 0.6 is 35.7 Å². The van der Waals surface area contributed by atoms with Crippen molar-refractivity contribution in [1.82, 2.24) is 15.6 Å². The molecule has 0 saturated heterocycles. The summed E-state index contributed by atoms with van der Waals surface area (Å²) in [6.45, 7) is 2.00. The van der Waals surface area contributed by atoms with Crippen LogP contribution in [0, 0.1) is 5.82 Å². The predicted molar refractivity (Wildman–Crippen MR) is 116 cm³/mol. The van der Waals surface area contributed by atoms with Gasteiger partial charge in [-0.15, -0.1) is 35.7 Å². The second kappa shape index (κ2) is 13.6. The van der Waals surface area contributed by atoms with Crippen molar-refractivity contribution in [2.45, 2.75) is 11.3 Å². The zero-order valence-electron chi connectivity index (χ0n) is 14.7. The van der Waals surface area contributed by atoms with Crippen LogP contribution in [0.2, 0.25) is 0 Å². The molecule has 5 nitrogen and oxygen atoms in total. The van der Waals surface area contributed by atoms with Crippen molar-refractivity contribution in [3.8, 4) is 5.75 Å². The first kappa shape index (κ1) is 22.5. The highest BCUT2D eigenvalue weighted by Gasteiger charge is 1.99. The number of nitrogens with one attached hydrogen (secondary N) is 2. The maximum atomic E-state index is 12.8. The van der Waals surface area contributed by atoms with Gasteiger partial charge in [0.25, 0.3) is 0 Å². The summed E-state index contributed by atoms with van der Waals surface area (Å²) in [7, 11) is 1.74. The molecule has 26 heavy (non-hydrogen) atoms. The fraction of sp³-hybridized carbons (Fsp3) is 0.333. The Morgan fingerprint density at radius 1 is 1.19 bits per heavy atom. The van der Waals surface area contributed by atoms with E-state index in [1.807, 2.05) is 12.1 Å². The molecule has 0 aliphatic heterocycles. The van der Waals surface area contributed by atoms with E-state index < -0.39 is 0 Å². The van der Waals surface area contributed by atoms with Crippen LogP contribution in [0.3, 0.4) is 0 Å². The van der Waals surface area contributed by atoms with E-state index in [9.17, 15) is 4.39 Å². The summed E-state index contributed by atoms with van der Waals surface area (Å²) in [5.41, 5.74) is 0. The number of ether oxygens (including phenoxy) is 1. The van der Waals surface area contributed by atoms with Gasteiger partial charge in [-0.2, -0.15) is 0 Å². The van der Waals surface area contributed by atoms with E-state index >= 15 is 0 Å². The van der Waals surface area contributed by atoms with Crippen LogP contribution in [0.1, 0.15) is 6.42 Å². The number of nitrogens with zero attached hydrogens (tertiary/aromatic N) is 2. The highest BCUT2D eigenvalue weighted by Crippen LogP contribution is 2.18. The number of hydrogen-bond acceptors (Lipinski definition) is 4. The van der Waals surface area contributed by atoms with Gasteiger partial charge in [-0.25, -0.2) is 4.39 Å². The summed E-state index contributed by atoms with van der Waals surface area (Å²) in [4.78, 5) is 9.25. The Morgan fingerprint density at radius 2 is 1.96 bits per heavy atom. The zero-order valence-corrected chi connectivity index (χ0v) is 17.8. The number of pyridine rings is 1. The summed E-state index contributed by atoms with van der Waals surface area (Å²) < 4.78 is 18.4. The largest absolute Gasteiger partial charge is 0.490 e. The molecule has 1 aromatic heterocycles. The van der Waals surface area contributed by atoms with Gasteiger partial charge in [0.2, 0.25) is 0 Å². The van der Waals surface area contributed by atoms with Gasteiger partial charge in [-0.05, 0) is 48.6 Å². The quantitative estimate of drug-likeness (QED) is 0.185. The van der Waals surface area contributed by atoms with Crippen molar-refractivity contribution in [3.63, 3.8) is 0 Å². The third-order valence-corrected chi connectivity index (χ3v) is 4.32. The molecule has 0 unspecified atom stereocenters. The van der Waals surface area contributed by atoms with E-state index in [1.165, 1.54) is 12.1 Å². The third kappa shape index (κ3) is 9.23. The standard InChI is InChI=1S/C18H23FN4OS.HI/c1-20-18(23-11-12-24-16-4-2-9-21-14-16)22-10-3-13-25-17-7-5-15(19)6-8-17;/h2,4-9,14H,3,10-13H2,1H3,(H2,20,22,23);1H. The topological polar surface area (TPSA) is 58.5 Å². The van der Waals surface area contributed by atoms with Gasteiger partial charge in [0.15, 0.2) is 5.96 Å². The fourth-order valence-electron chi connectivity index (χ4n) is 1.99. The second-order valence-corrected chi connectivity index (χ2v) is 6.29. The minimum absolute atomic E-state index is 0. The number of benzene rings is 1. The van der Waals surface area contributed by atoms with Gasteiger partial charge < -0.3 is 15.4 Å². The van der Waals surface area contributed by atoms with Crippen molar-refractivity contribution in [3.05, 3.63) is 54.6 Å². The molecule has 8 heteroatoms. The van der Waals surface area contributed by atoms with E-state index in [-0.39, 0.29) is 29.8 Å². The first-order valence-electron chi connectivity index (χ1n) is 8.13. The molecule has 142 valence electrons. The molecule has 2 N–H and O–H groups in total. The summed E-state index contributed by atoms with van der Waals surface area (Å²) in [6.07, 6.45) is 4.38. The van der Waals surface area contributed by atoms with Crippen LogP contribution in [0.25, 0.3) is 0 Å². The fourth-order valence-corrected chi connectivity index (χ4v) is 2.84. The Morgan fingerprint density at radius 3 is 2.65 bits per heavy atom. The average molecular weight is 490 g/mol. The van der Waals surface area contributed by atoms with Crippen LogP contribution in [0.5, 0.6) is 5.75 Å². The highest BCUT2D eigenvalue weighted by molar-refractivity contribution is 14.0. The summed E-state index contributed by atoms with van der Waals surface area (Å²) in [5, 5.41) is 6.46. The lowest BCUT2D eigenvalue weighted by Gasteiger charge is -2.12. The molecule has 0 aliphatic rings. The van der Waals surface area contributed by atoms with E-state index in [1.54, 1.807) is 43.3 Å². The molecule has 0 fully saturated rings. The van der Waals surface area contributed by atoms with Crippen molar-refractivity contribution in [2.24, 2.45) is 4.99 Å². The third-order valence-electron chi connectivity index (χ3n) is 3.22. The SMILES string of the molecule is CN=C(NCCCSc1ccc(F)cc1)NCCOc1cccnc1.I. The molecule has 0 spiro atoms. The lowest BCUT2D eigenvalue weighted by molar-refractivity contribution is 0.320. The Balaban J connectivity index is 0.00000338. The minimum Gasteiger partial charge on any atom is -0.490 e. The van der Waals surface area contributed by atoms with Crippen molar-refractivity contribution in [2.75, 3.05) is 32.5 Å². The number of thioether (sulfide) groups is 1. The van der Waals surface area contributed by atoms with Gasteiger partial charge in [0, 0.05) is 24.7 Å². The van der Waals surface area contributed by atoms with Crippen molar-refractivity contribution < 1.29 is 9.13 Å². The maximum absolute atomic E-state index is 12.8. The smallest absolute Gasteiger partial charge is 0.191 e. The molecule has 0 aliphatic carbocycles. The second-order valence-electron chi connectivity index (χ2n) is 5.12. The number of aliphatic imine (C=N–C) groups is 1. The lowest BCUT2D eigenvalue weighted by Crippen LogP contribution is -2.39. The van der Waals surface area contributed by atoms with E-state index in [4.69, 9.17) is 4.74 Å². The Hall–Kier alpha value is -1.55. The van der Waals surface area contributed by atoms with Crippen molar-refractivity contribution >= 4 is 41.7 Å². The van der Waals surface area contributed by atoms with Crippen LogP contribution in [-0.2, 0) is 0 Å². The summed E-state index contributed by atoms with van der Waals surface area (Å²) in [5.74, 6) is 2.26. The summed E-state index contributed by atoms with van der Waals surface area (Å²) in [6, 6.07) is 10.3. The average Bonchev–Trinajstić information content (AvgIpc) is 2.65. The molecular weight excluding hydrogens is 466 g/mol. The minimum atomic E-state index is -0.201. The highest BCUT2D eigenvalue weighted by atomic mass is 127. The number of guanidine groups is 1. The lowest BCUT2D eigenvalue weighted by atomic mass is 10.4. The van der Waals surface area contributed by atoms with Crippen molar-refractivity contribution in [1.29, 1.82) is 0 Å². The molecule has 0 radical (unpaired) electrons. The van der Waals surface area contributed by atoms with E-state index in [0.717, 1.165) is 35.3 Å². The van der Waals surface area contributed by atoms with Crippen LogP contribution in [0.15, 0.2) is 58.7 Å². The first-order chi connectivity index (χ1) is 12.3. The molecule has 0 saturated carbocycles.